The zero-order valence-electron chi connectivity index (χ0n) is 11.4. The second-order valence-electron chi connectivity index (χ2n) is 4.87. The van der Waals surface area contributed by atoms with Crippen molar-refractivity contribution < 1.29 is 24.5 Å². The Labute approximate surface area is 126 Å². The number of carboxylic acids is 1. The molecule has 0 aromatic heterocycles. The van der Waals surface area contributed by atoms with Gasteiger partial charge in [-0.2, -0.15) is 0 Å². The van der Waals surface area contributed by atoms with Crippen molar-refractivity contribution in [1.29, 1.82) is 0 Å². The van der Waals surface area contributed by atoms with Gasteiger partial charge in [-0.25, -0.2) is 4.79 Å². The number of aliphatic hydroxyl groups is 1. The van der Waals surface area contributed by atoms with Crippen LogP contribution in [0, 0.1) is 0 Å². The van der Waals surface area contributed by atoms with E-state index < -0.39 is 17.5 Å². The third kappa shape index (κ3) is 2.17. The molecule has 0 saturated heterocycles. The summed E-state index contributed by atoms with van der Waals surface area (Å²) in [5.74, 6) is -3.67. The van der Waals surface area contributed by atoms with Crippen molar-refractivity contribution in [3.05, 3.63) is 77.5 Å². The molecule has 5 heteroatoms. The van der Waals surface area contributed by atoms with Crippen LogP contribution in [0.4, 0.5) is 0 Å². The molecule has 0 bridgehead atoms. The average Bonchev–Trinajstić information content (AvgIpc) is 2.85. The van der Waals surface area contributed by atoms with E-state index >= 15 is 0 Å². The molecule has 0 radical (unpaired) electrons. The second kappa shape index (κ2) is 5.13. The van der Waals surface area contributed by atoms with Gasteiger partial charge in [0.1, 0.15) is 0 Å². The molecule has 22 heavy (non-hydrogen) atoms. The fraction of sp³-hybridized carbons (Fsp3) is 0.0588. The Morgan fingerprint density at radius 2 is 1.64 bits per heavy atom. The number of carbonyl (C=O) groups excluding carboxylic acids is 1. The van der Waals surface area contributed by atoms with E-state index in [0.29, 0.717) is 11.1 Å². The van der Waals surface area contributed by atoms with E-state index in [-0.39, 0.29) is 11.1 Å². The van der Waals surface area contributed by atoms with Gasteiger partial charge >= 0.3 is 5.97 Å². The maximum atomic E-state index is 12.5. The van der Waals surface area contributed by atoms with Crippen molar-refractivity contribution in [3.63, 3.8) is 0 Å². The Hall–Kier alpha value is -2.92. The van der Waals surface area contributed by atoms with Crippen LogP contribution in [0.5, 0.6) is 0 Å². The van der Waals surface area contributed by atoms with Gasteiger partial charge in [0.25, 0.3) is 5.79 Å². The minimum atomic E-state index is -2.04. The summed E-state index contributed by atoms with van der Waals surface area (Å²) in [5.41, 5.74) is 1.15. The Kier molecular flexibility index (Phi) is 3.27. The highest BCUT2D eigenvalue weighted by molar-refractivity contribution is 6.25. The summed E-state index contributed by atoms with van der Waals surface area (Å²) in [5, 5.41) is 19.4. The smallest absolute Gasteiger partial charge is 0.335 e. The predicted octanol–water partition coefficient (Wildman–Crippen LogP) is 2.17. The average molecular weight is 296 g/mol. The zero-order valence-corrected chi connectivity index (χ0v) is 11.4. The molecule has 0 saturated carbocycles. The number of hydrogen-bond acceptors (Lipinski definition) is 4. The van der Waals surface area contributed by atoms with Crippen molar-refractivity contribution >= 4 is 17.3 Å². The van der Waals surface area contributed by atoms with Gasteiger partial charge in [-0.3, -0.25) is 4.79 Å². The maximum Gasteiger partial charge on any atom is 0.335 e. The summed E-state index contributed by atoms with van der Waals surface area (Å²) in [6.45, 7) is 0. The highest BCUT2D eigenvalue weighted by Crippen LogP contribution is 2.36. The molecule has 0 fully saturated rings. The van der Waals surface area contributed by atoms with Gasteiger partial charge in [-0.05, 0) is 17.7 Å². The van der Waals surface area contributed by atoms with Crippen LogP contribution in [0.15, 0.2) is 60.9 Å². The molecule has 1 unspecified atom stereocenters. The molecule has 0 amide bonds. The van der Waals surface area contributed by atoms with Crippen LogP contribution in [-0.2, 0) is 15.3 Å². The molecular formula is C17H12O5. The van der Waals surface area contributed by atoms with Crippen LogP contribution in [0.25, 0.3) is 5.57 Å². The van der Waals surface area contributed by atoms with Crippen LogP contribution in [-0.4, -0.2) is 22.0 Å². The molecule has 1 heterocycles. The van der Waals surface area contributed by atoms with E-state index in [0.717, 1.165) is 0 Å². The lowest BCUT2D eigenvalue weighted by Gasteiger charge is -2.20. The summed E-state index contributed by atoms with van der Waals surface area (Å²) in [6.07, 6.45) is 1.20. The molecule has 1 aliphatic rings. The lowest BCUT2D eigenvalue weighted by molar-refractivity contribution is -0.177. The number of benzene rings is 2. The molecule has 1 atom stereocenters. The van der Waals surface area contributed by atoms with E-state index in [1.165, 1.54) is 30.5 Å². The number of carbonyl (C=O) groups is 2. The number of aromatic carboxylic acids is 1. The molecular weight excluding hydrogens is 284 g/mol. The van der Waals surface area contributed by atoms with E-state index in [4.69, 9.17) is 9.84 Å². The third-order valence-electron chi connectivity index (χ3n) is 3.51. The largest absolute Gasteiger partial charge is 0.478 e. The van der Waals surface area contributed by atoms with Crippen molar-refractivity contribution in [2.45, 2.75) is 5.79 Å². The Morgan fingerprint density at radius 3 is 2.23 bits per heavy atom. The van der Waals surface area contributed by atoms with E-state index in [9.17, 15) is 14.7 Å². The van der Waals surface area contributed by atoms with E-state index in [2.05, 4.69) is 0 Å². The Bertz CT molecular complexity index is 761. The molecule has 0 spiro atoms. The number of rotatable bonds is 3. The standard InChI is InChI=1S/C17H12O5/c18-15-14(11-6-8-12(9-7-11)16(19)20)10-22-17(15,21)13-4-2-1-3-5-13/h1-10,21H,(H,19,20). The molecule has 2 N–H and O–H groups in total. The predicted molar refractivity (Wildman–Crippen MR) is 77.8 cm³/mol. The molecule has 1 aliphatic heterocycles. The fourth-order valence-electron chi connectivity index (χ4n) is 2.29. The molecule has 3 rings (SSSR count). The Balaban J connectivity index is 1.92. The number of ether oxygens (including phenoxy) is 1. The first kappa shape index (κ1) is 14.0. The second-order valence-corrected chi connectivity index (χ2v) is 4.87. The number of Topliss-reactive ketones (excluding diaryl/α,β-unsaturated/α-hetero) is 1. The summed E-state index contributed by atoms with van der Waals surface area (Å²) >= 11 is 0. The fourth-order valence-corrected chi connectivity index (χ4v) is 2.29. The minimum absolute atomic E-state index is 0.119. The van der Waals surface area contributed by atoms with Crippen LogP contribution in [0.3, 0.4) is 0 Å². The van der Waals surface area contributed by atoms with Gasteiger partial charge in [-0.1, -0.05) is 42.5 Å². The van der Waals surface area contributed by atoms with Crippen LogP contribution in [0.1, 0.15) is 21.5 Å². The molecule has 2 aromatic rings. The Morgan fingerprint density at radius 1 is 1.00 bits per heavy atom. The highest BCUT2D eigenvalue weighted by atomic mass is 16.6. The van der Waals surface area contributed by atoms with Gasteiger partial charge in [0.15, 0.2) is 0 Å². The van der Waals surface area contributed by atoms with Crippen molar-refractivity contribution in [2.75, 3.05) is 0 Å². The first-order chi connectivity index (χ1) is 10.5. The minimum Gasteiger partial charge on any atom is -0.478 e. The summed E-state index contributed by atoms with van der Waals surface area (Å²) in [6, 6.07) is 14.2. The van der Waals surface area contributed by atoms with Gasteiger partial charge < -0.3 is 14.9 Å². The van der Waals surface area contributed by atoms with Crippen LogP contribution < -0.4 is 0 Å². The van der Waals surface area contributed by atoms with Crippen molar-refractivity contribution in [3.8, 4) is 0 Å². The molecule has 0 aliphatic carbocycles. The summed E-state index contributed by atoms with van der Waals surface area (Å²) in [7, 11) is 0. The van der Waals surface area contributed by atoms with Crippen LogP contribution >= 0.6 is 0 Å². The van der Waals surface area contributed by atoms with E-state index in [1.807, 2.05) is 0 Å². The molecule has 110 valence electrons. The van der Waals surface area contributed by atoms with Crippen molar-refractivity contribution in [1.82, 2.24) is 0 Å². The topological polar surface area (TPSA) is 83.8 Å². The number of ketones is 1. The summed E-state index contributed by atoms with van der Waals surface area (Å²) in [4.78, 5) is 23.3. The normalized spacial score (nSPS) is 20.4. The highest BCUT2D eigenvalue weighted by Gasteiger charge is 2.46. The lowest BCUT2D eigenvalue weighted by atomic mass is 9.94. The SMILES string of the molecule is O=C(O)c1ccc(C2=COC(O)(c3ccccc3)C2=O)cc1. The first-order valence-corrected chi connectivity index (χ1v) is 6.57. The third-order valence-corrected chi connectivity index (χ3v) is 3.51. The zero-order chi connectivity index (χ0) is 15.7. The monoisotopic (exact) mass is 296 g/mol. The van der Waals surface area contributed by atoms with Crippen molar-refractivity contribution in [2.24, 2.45) is 0 Å². The first-order valence-electron chi connectivity index (χ1n) is 6.57. The van der Waals surface area contributed by atoms with E-state index in [1.54, 1.807) is 30.3 Å². The van der Waals surface area contributed by atoms with Gasteiger partial charge in [0.2, 0.25) is 5.78 Å². The van der Waals surface area contributed by atoms with Crippen LogP contribution in [0.2, 0.25) is 0 Å². The number of hydrogen-bond donors (Lipinski definition) is 2. The quantitative estimate of drug-likeness (QED) is 0.907. The van der Waals surface area contributed by atoms with Gasteiger partial charge in [0.05, 0.1) is 17.4 Å². The molecule has 2 aromatic carbocycles. The van der Waals surface area contributed by atoms with Gasteiger partial charge in [0, 0.05) is 5.56 Å². The summed E-state index contributed by atoms with van der Waals surface area (Å²) < 4.78 is 5.21. The maximum absolute atomic E-state index is 12.5. The number of carboxylic acid groups (broad SMARTS) is 1. The lowest BCUT2D eigenvalue weighted by Crippen LogP contribution is -2.33. The molecule has 5 nitrogen and oxygen atoms in total. The van der Waals surface area contributed by atoms with Gasteiger partial charge in [-0.15, -0.1) is 0 Å².